The van der Waals surface area contributed by atoms with Gasteiger partial charge in [0.05, 0.1) is 5.70 Å². The average Bonchev–Trinajstić information content (AvgIpc) is 3.31. The first kappa shape index (κ1) is 18.8. The number of nitrogens with zero attached hydrogens (tertiary/aromatic N) is 3. The zero-order valence-corrected chi connectivity index (χ0v) is 17.5. The molecule has 0 saturated heterocycles. The summed E-state index contributed by atoms with van der Waals surface area (Å²) >= 11 is 0. The van der Waals surface area contributed by atoms with Crippen LogP contribution >= 0.6 is 0 Å². The van der Waals surface area contributed by atoms with Crippen LogP contribution in [-0.2, 0) is 6.42 Å². The van der Waals surface area contributed by atoms with Crippen molar-refractivity contribution in [2.45, 2.75) is 25.5 Å². The van der Waals surface area contributed by atoms with Gasteiger partial charge in [0.15, 0.2) is 0 Å². The Kier molecular flexibility index (Phi) is 4.31. The Morgan fingerprint density at radius 1 is 0.969 bits per heavy atom. The molecule has 0 amide bonds. The Balaban J connectivity index is 1.60. The largest absolute Gasteiger partial charge is 0.480 e. The molecule has 6 rings (SSSR count). The molecular formula is C26H21FN4O. The summed E-state index contributed by atoms with van der Waals surface area (Å²) in [5.41, 5.74) is 6.22. The second-order valence-electron chi connectivity index (χ2n) is 8.03. The molecule has 2 aliphatic heterocycles. The van der Waals surface area contributed by atoms with Gasteiger partial charge in [-0.05, 0) is 47.4 Å². The highest BCUT2D eigenvalue weighted by Crippen LogP contribution is 2.50. The second kappa shape index (κ2) is 7.34. The van der Waals surface area contributed by atoms with Crippen molar-refractivity contribution in [3.05, 3.63) is 113 Å². The molecule has 1 N–H and O–H groups in total. The number of aryl methyl sites for hydroxylation is 1. The van der Waals surface area contributed by atoms with Crippen LogP contribution in [0.2, 0.25) is 0 Å². The maximum absolute atomic E-state index is 13.7. The summed E-state index contributed by atoms with van der Waals surface area (Å²) in [6.07, 6.45) is 2.19. The lowest BCUT2D eigenvalue weighted by Crippen LogP contribution is -2.32. The molecule has 0 spiro atoms. The van der Waals surface area contributed by atoms with Gasteiger partial charge in [-0.25, -0.2) is 9.07 Å². The lowest BCUT2D eigenvalue weighted by molar-refractivity contribution is 0.223. The fourth-order valence-corrected chi connectivity index (χ4v) is 4.59. The van der Waals surface area contributed by atoms with Crippen molar-refractivity contribution >= 4 is 11.6 Å². The number of anilines is 1. The van der Waals surface area contributed by atoms with Crippen LogP contribution in [0.4, 0.5) is 10.3 Å². The topological polar surface area (TPSA) is 52.0 Å². The molecule has 0 fully saturated rings. The van der Waals surface area contributed by atoms with Crippen molar-refractivity contribution in [2.24, 2.45) is 0 Å². The molecule has 2 aliphatic rings. The Morgan fingerprint density at radius 2 is 1.72 bits per heavy atom. The van der Waals surface area contributed by atoms with Gasteiger partial charge in [-0.2, -0.15) is 10.1 Å². The minimum absolute atomic E-state index is 0.271. The SMILES string of the molecule is CCc1ccc([C@H]2Oc3ccccc3C3=C2[C@@H](c2ccc(F)cc2)n2ncnc2N3)cc1. The number of hydrogen-bond acceptors (Lipinski definition) is 4. The molecule has 0 saturated carbocycles. The van der Waals surface area contributed by atoms with Crippen LogP contribution in [0.1, 0.15) is 41.3 Å². The monoisotopic (exact) mass is 424 g/mol. The molecule has 0 radical (unpaired) electrons. The van der Waals surface area contributed by atoms with Crippen molar-refractivity contribution in [3.8, 4) is 5.75 Å². The number of para-hydroxylation sites is 1. The van der Waals surface area contributed by atoms with E-state index in [4.69, 9.17) is 4.74 Å². The van der Waals surface area contributed by atoms with E-state index in [9.17, 15) is 4.39 Å². The third-order valence-corrected chi connectivity index (χ3v) is 6.20. The molecule has 3 heterocycles. The number of rotatable bonds is 3. The Morgan fingerprint density at radius 3 is 2.50 bits per heavy atom. The van der Waals surface area contributed by atoms with E-state index in [2.05, 4.69) is 46.6 Å². The second-order valence-corrected chi connectivity index (χ2v) is 8.03. The van der Waals surface area contributed by atoms with Gasteiger partial charge in [0.25, 0.3) is 0 Å². The van der Waals surface area contributed by atoms with Crippen LogP contribution in [0.5, 0.6) is 5.75 Å². The normalized spacial score (nSPS) is 18.8. The van der Waals surface area contributed by atoms with E-state index in [1.165, 1.54) is 24.0 Å². The molecule has 0 unspecified atom stereocenters. The smallest absolute Gasteiger partial charge is 0.226 e. The van der Waals surface area contributed by atoms with Crippen molar-refractivity contribution in [1.29, 1.82) is 0 Å². The number of ether oxygens (including phenoxy) is 1. The summed E-state index contributed by atoms with van der Waals surface area (Å²) in [5.74, 6) is 1.19. The van der Waals surface area contributed by atoms with E-state index in [0.717, 1.165) is 40.1 Å². The zero-order chi connectivity index (χ0) is 21.7. The van der Waals surface area contributed by atoms with Gasteiger partial charge < -0.3 is 10.1 Å². The predicted molar refractivity (Wildman–Crippen MR) is 121 cm³/mol. The molecule has 32 heavy (non-hydrogen) atoms. The maximum Gasteiger partial charge on any atom is 0.226 e. The summed E-state index contributed by atoms with van der Waals surface area (Å²) in [6, 6.07) is 22.8. The van der Waals surface area contributed by atoms with Gasteiger partial charge >= 0.3 is 0 Å². The van der Waals surface area contributed by atoms with Gasteiger partial charge in [-0.3, -0.25) is 0 Å². The number of halogens is 1. The lowest BCUT2D eigenvalue weighted by atomic mass is 9.84. The van der Waals surface area contributed by atoms with E-state index in [0.29, 0.717) is 5.95 Å². The van der Waals surface area contributed by atoms with Crippen LogP contribution in [-0.4, -0.2) is 14.8 Å². The van der Waals surface area contributed by atoms with Crippen molar-refractivity contribution in [3.63, 3.8) is 0 Å². The van der Waals surface area contributed by atoms with Crippen LogP contribution in [0.3, 0.4) is 0 Å². The number of hydrogen-bond donors (Lipinski definition) is 1. The third kappa shape index (κ3) is 2.91. The van der Waals surface area contributed by atoms with Gasteiger partial charge in [0.2, 0.25) is 5.95 Å². The first-order chi connectivity index (χ1) is 15.7. The van der Waals surface area contributed by atoms with Gasteiger partial charge in [0, 0.05) is 11.1 Å². The Hall–Kier alpha value is -3.93. The fraction of sp³-hybridized carbons (Fsp3) is 0.154. The number of benzene rings is 3. The molecule has 1 aromatic heterocycles. The van der Waals surface area contributed by atoms with Crippen LogP contribution in [0, 0.1) is 5.82 Å². The summed E-state index contributed by atoms with van der Waals surface area (Å²) < 4.78 is 22.2. The summed E-state index contributed by atoms with van der Waals surface area (Å²) in [7, 11) is 0. The highest BCUT2D eigenvalue weighted by molar-refractivity contribution is 5.85. The highest BCUT2D eigenvalue weighted by Gasteiger charge is 2.40. The lowest BCUT2D eigenvalue weighted by Gasteiger charge is -2.39. The molecule has 0 aliphatic carbocycles. The summed E-state index contributed by atoms with van der Waals surface area (Å²) in [5, 5.41) is 7.98. The zero-order valence-electron chi connectivity index (χ0n) is 17.5. The van der Waals surface area contributed by atoms with Crippen molar-refractivity contribution in [1.82, 2.24) is 14.8 Å². The first-order valence-electron chi connectivity index (χ1n) is 10.7. The minimum atomic E-state index is -0.328. The third-order valence-electron chi connectivity index (χ3n) is 6.20. The van der Waals surface area contributed by atoms with E-state index < -0.39 is 0 Å². The van der Waals surface area contributed by atoms with Crippen molar-refractivity contribution < 1.29 is 9.13 Å². The average molecular weight is 424 g/mol. The quantitative estimate of drug-likeness (QED) is 0.469. The molecule has 158 valence electrons. The van der Waals surface area contributed by atoms with Gasteiger partial charge in [-0.15, -0.1) is 0 Å². The van der Waals surface area contributed by atoms with E-state index >= 15 is 0 Å². The van der Waals surface area contributed by atoms with E-state index in [1.54, 1.807) is 12.1 Å². The van der Waals surface area contributed by atoms with E-state index in [-0.39, 0.29) is 18.0 Å². The van der Waals surface area contributed by atoms with Crippen LogP contribution < -0.4 is 10.1 Å². The molecule has 0 bridgehead atoms. The number of fused-ring (bicyclic) bond motifs is 3. The molecule has 5 nitrogen and oxygen atoms in total. The van der Waals surface area contributed by atoms with Gasteiger partial charge in [0.1, 0.15) is 30.0 Å². The maximum atomic E-state index is 13.7. The number of nitrogens with one attached hydrogen (secondary N) is 1. The Labute approximate surface area is 185 Å². The van der Waals surface area contributed by atoms with Crippen molar-refractivity contribution in [2.75, 3.05) is 5.32 Å². The van der Waals surface area contributed by atoms with Crippen LogP contribution in [0.15, 0.2) is 84.7 Å². The standard InChI is InChI=1S/C26H21FN4O/c1-2-16-7-9-18(10-8-16)25-22-23(20-5-3-4-6-21(20)32-25)30-26-28-15-29-31(26)24(22)17-11-13-19(27)14-12-17/h3-15,24-25H,2H2,1H3,(H,28,29,30)/t24-,25-/m1/s1. The van der Waals surface area contributed by atoms with E-state index in [1.807, 2.05) is 28.9 Å². The highest BCUT2D eigenvalue weighted by atomic mass is 19.1. The molecule has 6 heteroatoms. The fourth-order valence-electron chi connectivity index (χ4n) is 4.59. The molecule has 4 aromatic rings. The molecule has 3 aromatic carbocycles. The molecular weight excluding hydrogens is 403 g/mol. The first-order valence-corrected chi connectivity index (χ1v) is 10.7. The van der Waals surface area contributed by atoms with Crippen LogP contribution in [0.25, 0.3) is 5.70 Å². The molecule has 2 atom stereocenters. The van der Waals surface area contributed by atoms with Gasteiger partial charge in [-0.1, -0.05) is 55.5 Å². The number of aromatic nitrogens is 3. The Bertz CT molecular complexity index is 1320. The minimum Gasteiger partial charge on any atom is -0.480 e. The summed E-state index contributed by atoms with van der Waals surface area (Å²) in [4.78, 5) is 4.43. The summed E-state index contributed by atoms with van der Waals surface area (Å²) in [6.45, 7) is 2.14. The predicted octanol–water partition coefficient (Wildman–Crippen LogP) is 5.54.